The van der Waals surface area contributed by atoms with Gasteiger partial charge in [-0.15, -0.1) is 0 Å². The van der Waals surface area contributed by atoms with E-state index in [4.69, 9.17) is 0 Å². The van der Waals surface area contributed by atoms with E-state index in [1.807, 2.05) is 11.8 Å². The van der Waals surface area contributed by atoms with Gasteiger partial charge in [0.25, 0.3) is 0 Å². The molecule has 120 valence electrons. The van der Waals surface area contributed by atoms with Crippen molar-refractivity contribution < 1.29 is 14.7 Å². The standard InChI is InChI=1S/C16H28N2O3/c1-3-6-13-7-11-17(12-13)15(21)18-10-5-9-16(18,8-4-2)14(19)20/h13H,3-12H2,1-2H3,(H,19,20). The molecule has 2 unspecified atom stereocenters. The van der Waals surface area contributed by atoms with Crippen LogP contribution in [0.2, 0.25) is 0 Å². The average molecular weight is 296 g/mol. The first-order chi connectivity index (χ1) is 10.0. The molecule has 2 saturated heterocycles. The molecule has 0 aliphatic carbocycles. The van der Waals surface area contributed by atoms with Gasteiger partial charge in [0.15, 0.2) is 0 Å². The molecule has 0 aromatic rings. The minimum Gasteiger partial charge on any atom is -0.479 e. The fourth-order valence-electron chi connectivity index (χ4n) is 3.98. The third-order valence-electron chi connectivity index (χ3n) is 5.03. The van der Waals surface area contributed by atoms with E-state index >= 15 is 0 Å². The van der Waals surface area contributed by atoms with Crippen LogP contribution in [-0.2, 0) is 4.79 Å². The fourth-order valence-corrected chi connectivity index (χ4v) is 3.98. The zero-order chi connectivity index (χ0) is 15.5. The highest BCUT2D eigenvalue weighted by Gasteiger charge is 2.50. The SMILES string of the molecule is CCCC1CCN(C(=O)N2CCCC2(CCC)C(=O)O)C1. The Labute approximate surface area is 127 Å². The number of urea groups is 1. The second kappa shape index (κ2) is 6.67. The van der Waals surface area contributed by atoms with Crippen LogP contribution < -0.4 is 0 Å². The number of nitrogens with zero attached hydrogens (tertiary/aromatic N) is 2. The molecule has 2 amide bonds. The molecule has 5 heteroatoms. The Morgan fingerprint density at radius 3 is 2.62 bits per heavy atom. The van der Waals surface area contributed by atoms with Crippen LogP contribution in [0.1, 0.15) is 58.8 Å². The molecule has 2 aliphatic heterocycles. The van der Waals surface area contributed by atoms with Gasteiger partial charge < -0.3 is 14.9 Å². The van der Waals surface area contributed by atoms with E-state index in [1.54, 1.807) is 4.90 Å². The van der Waals surface area contributed by atoms with Gasteiger partial charge in [0.1, 0.15) is 5.54 Å². The Balaban J connectivity index is 2.09. The van der Waals surface area contributed by atoms with E-state index in [0.29, 0.717) is 25.3 Å². The Morgan fingerprint density at radius 1 is 1.24 bits per heavy atom. The molecule has 0 aromatic heterocycles. The number of rotatable bonds is 5. The minimum absolute atomic E-state index is 0.0537. The van der Waals surface area contributed by atoms with E-state index in [-0.39, 0.29) is 6.03 Å². The molecule has 0 bridgehead atoms. The summed E-state index contributed by atoms with van der Waals surface area (Å²) in [5, 5.41) is 9.68. The van der Waals surface area contributed by atoms with Crippen LogP contribution in [-0.4, -0.2) is 52.1 Å². The zero-order valence-corrected chi connectivity index (χ0v) is 13.3. The number of carbonyl (C=O) groups is 2. The van der Waals surface area contributed by atoms with Gasteiger partial charge in [-0.3, -0.25) is 0 Å². The zero-order valence-electron chi connectivity index (χ0n) is 13.3. The monoisotopic (exact) mass is 296 g/mol. The van der Waals surface area contributed by atoms with Crippen LogP contribution >= 0.6 is 0 Å². The van der Waals surface area contributed by atoms with E-state index in [1.165, 1.54) is 0 Å². The third-order valence-corrected chi connectivity index (χ3v) is 5.03. The second-order valence-electron chi connectivity index (χ2n) is 6.51. The minimum atomic E-state index is -0.964. The lowest BCUT2D eigenvalue weighted by Gasteiger charge is -2.37. The predicted molar refractivity (Wildman–Crippen MR) is 81.2 cm³/mol. The van der Waals surface area contributed by atoms with Crippen molar-refractivity contribution in [3.63, 3.8) is 0 Å². The van der Waals surface area contributed by atoms with Crippen molar-refractivity contribution in [3.05, 3.63) is 0 Å². The van der Waals surface area contributed by atoms with Crippen LogP contribution in [0.3, 0.4) is 0 Å². The lowest BCUT2D eigenvalue weighted by Crippen LogP contribution is -2.56. The average Bonchev–Trinajstić information content (AvgIpc) is 3.06. The van der Waals surface area contributed by atoms with Crippen molar-refractivity contribution in [2.24, 2.45) is 5.92 Å². The maximum absolute atomic E-state index is 12.8. The van der Waals surface area contributed by atoms with Crippen molar-refractivity contribution in [3.8, 4) is 0 Å². The molecule has 0 aromatic carbocycles. The van der Waals surface area contributed by atoms with E-state index < -0.39 is 11.5 Å². The van der Waals surface area contributed by atoms with Crippen LogP contribution in [0.25, 0.3) is 0 Å². The lowest BCUT2D eigenvalue weighted by atomic mass is 9.91. The molecule has 2 atom stereocenters. The number of carboxylic acids is 1. The molecule has 21 heavy (non-hydrogen) atoms. The number of aliphatic carboxylic acids is 1. The van der Waals surface area contributed by atoms with E-state index in [9.17, 15) is 14.7 Å². The highest BCUT2D eigenvalue weighted by molar-refractivity contribution is 5.87. The van der Waals surface area contributed by atoms with Crippen molar-refractivity contribution in [2.45, 2.75) is 64.3 Å². The first-order valence-electron chi connectivity index (χ1n) is 8.35. The molecule has 2 aliphatic rings. The molecule has 2 heterocycles. The summed E-state index contributed by atoms with van der Waals surface area (Å²) in [4.78, 5) is 28.1. The Hall–Kier alpha value is -1.26. The Kier molecular flexibility index (Phi) is 5.12. The van der Waals surface area contributed by atoms with Crippen molar-refractivity contribution in [1.82, 2.24) is 9.80 Å². The normalized spacial score (nSPS) is 29.1. The Morgan fingerprint density at radius 2 is 2.00 bits per heavy atom. The van der Waals surface area contributed by atoms with Crippen molar-refractivity contribution in [1.29, 1.82) is 0 Å². The molecular formula is C16H28N2O3. The summed E-state index contributed by atoms with van der Waals surface area (Å²) in [6.07, 6.45) is 6.09. The summed E-state index contributed by atoms with van der Waals surface area (Å²) in [7, 11) is 0. The summed E-state index contributed by atoms with van der Waals surface area (Å²) in [6, 6.07) is -0.0537. The Bertz CT molecular complexity index is 399. The second-order valence-corrected chi connectivity index (χ2v) is 6.51. The quantitative estimate of drug-likeness (QED) is 0.848. The molecule has 0 spiro atoms. The van der Waals surface area contributed by atoms with Crippen molar-refractivity contribution >= 4 is 12.0 Å². The van der Waals surface area contributed by atoms with Crippen LogP contribution in [0.4, 0.5) is 4.79 Å². The maximum atomic E-state index is 12.8. The van der Waals surface area contributed by atoms with E-state index in [2.05, 4.69) is 6.92 Å². The van der Waals surface area contributed by atoms with Gasteiger partial charge >= 0.3 is 12.0 Å². The summed E-state index contributed by atoms with van der Waals surface area (Å²) in [6.45, 7) is 6.31. The number of carbonyl (C=O) groups excluding carboxylic acids is 1. The van der Waals surface area contributed by atoms with Gasteiger partial charge in [-0.25, -0.2) is 9.59 Å². The molecule has 1 N–H and O–H groups in total. The van der Waals surface area contributed by atoms with Gasteiger partial charge in [0.05, 0.1) is 0 Å². The first-order valence-corrected chi connectivity index (χ1v) is 8.35. The smallest absolute Gasteiger partial charge is 0.329 e. The van der Waals surface area contributed by atoms with Crippen LogP contribution in [0.5, 0.6) is 0 Å². The number of carboxylic acid groups (broad SMARTS) is 1. The molecule has 2 rings (SSSR count). The van der Waals surface area contributed by atoms with Gasteiger partial charge in [0.2, 0.25) is 0 Å². The fraction of sp³-hybridized carbons (Fsp3) is 0.875. The highest BCUT2D eigenvalue weighted by atomic mass is 16.4. The first kappa shape index (κ1) is 16.1. The predicted octanol–water partition coefficient (Wildman–Crippen LogP) is 2.95. The number of likely N-dealkylation sites (tertiary alicyclic amines) is 2. The summed E-state index contributed by atoms with van der Waals surface area (Å²) < 4.78 is 0. The highest BCUT2D eigenvalue weighted by Crippen LogP contribution is 2.36. The largest absolute Gasteiger partial charge is 0.479 e. The van der Waals surface area contributed by atoms with Gasteiger partial charge in [-0.1, -0.05) is 26.7 Å². The number of hydrogen-bond donors (Lipinski definition) is 1. The van der Waals surface area contributed by atoms with Gasteiger partial charge in [-0.05, 0) is 38.0 Å². The lowest BCUT2D eigenvalue weighted by molar-refractivity contribution is -0.148. The topological polar surface area (TPSA) is 60.9 Å². The maximum Gasteiger partial charge on any atom is 0.329 e. The van der Waals surface area contributed by atoms with Gasteiger partial charge in [-0.2, -0.15) is 0 Å². The number of amides is 2. The van der Waals surface area contributed by atoms with Crippen molar-refractivity contribution in [2.75, 3.05) is 19.6 Å². The van der Waals surface area contributed by atoms with Crippen LogP contribution in [0, 0.1) is 5.92 Å². The molecule has 2 fully saturated rings. The molecule has 5 nitrogen and oxygen atoms in total. The molecule has 0 saturated carbocycles. The van der Waals surface area contributed by atoms with E-state index in [0.717, 1.165) is 45.2 Å². The summed E-state index contributed by atoms with van der Waals surface area (Å²) in [5.41, 5.74) is -0.964. The van der Waals surface area contributed by atoms with Gasteiger partial charge in [0, 0.05) is 19.6 Å². The summed E-state index contributed by atoms with van der Waals surface area (Å²) in [5.74, 6) is -0.244. The molecular weight excluding hydrogens is 268 g/mol. The third kappa shape index (κ3) is 3.01. The number of hydrogen-bond acceptors (Lipinski definition) is 2. The summed E-state index contributed by atoms with van der Waals surface area (Å²) >= 11 is 0. The molecule has 0 radical (unpaired) electrons. The van der Waals surface area contributed by atoms with Crippen LogP contribution in [0.15, 0.2) is 0 Å².